The first kappa shape index (κ1) is 18.6. The molecular formula is C21H16N4O3S. The Morgan fingerprint density at radius 1 is 0.966 bits per heavy atom. The van der Waals surface area contributed by atoms with E-state index in [0.717, 1.165) is 11.1 Å². The highest BCUT2D eigenvalue weighted by molar-refractivity contribution is 7.07. The molecule has 4 rings (SSSR count). The van der Waals surface area contributed by atoms with Crippen LogP contribution in [0.5, 0.6) is 5.75 Å². The van der Waals surface area contributed by atoms with E-state index in [1.54, 1.807) is 35.8 Å². The molecule has 2 amide bonds. The van der Waals surface area contributed by atoms with Crippen LogP contribution in [0.3, 0.4) is 0 Å². The molecule has 0 unspecified atom stereocenters. The lowest BCUT2D eigenvalue weighted by atomic mass is 10.2. The van der Waals surface area contributed by atoms with Crippen molar-refractivity contribution in [3.63, 3.8) is 0 Å². The van der Waals surface area contributed by atoms with Crippen LogP contribution >= 0.6 is 11.3 Å². The number of carbonyl (C=O) groups is 2. The van der Waals surface area contributed by atoms with E-state index in [1.807, 2.05) is 35.7 Å². The topological polar surface area (TPSA) is 93.2 Å². The van der Waals surface area contributed by atoms with Gasteiger partial charge in [-0.05, 0) is 30.3 Å². The van der Waals surface area contributed by atoms with Crippen molar-refractivity contribution in [2.24, 2.45) is 0 Å². The van der Waals surface area contributed by atoms with Gasteiger partial charge in [0, 0.05) is 16.3 Å². The maximum absolute atomic E-state index is 12.4. The molecule has 0 aliphatic heterocycles. The maximum Gasteiger partial charge on any atom is 0.288 e. The summed E-state index contributed by atoms with van der Waals surface area (Å²) in [5, 5.41) is 2.83. The number of thiazole rings is 1. The van der Waals surface area contributed by atoms with Crippen LogP contribution < -0.4 is 15.6 Å². The zero-order valence-electron chi connectivity index (χ0n) is 15.2. The number of ether oxygens (including phenoxy) is 1. The fraction of sp³-hybridized carbons (Fsp3) is 0.0476. The van der Waals surface area contributed by atoms with Gasteiger partial charge in [0.2, 0.25) is 0 Å². The van der Waals surface area contributed by atoms with E-state index in [2.05, 4.69) is 20.8 Å². The summed E-state index contributed by atoms with van der Waals surface area (Å²) in [5.41, 5.74) is 8.61. The summed E-state index contributed by atoms with van der Waals surface area (Å²) >= 11 is 1.49. The Labute approximate surface area is 170 Å². The second kappa shape index (κ2) is 8.49. The van der Waals surface area contributed by atoms with Crippen molar-refractivity contribution in [1.82, 2.24) is 20.8 Å². The van der Waals surface area contributed by atoms with Crippen LogP contribution in [0.1, 0.15) is 26.5 Å². The van der Waals surface area contributed by atoms with Crippen LogP contribution in [-0.4, -0.2) is 21.8 Å². The van der Waals surface area contributed by atoms with E-state index < -0.39 is 11.8 Å². The Morgan fingerprint density at radius 3 is 2.69 bits per heavy atom. The molecule has 0 atom stereocenters. The Hall–Kier alpha value is -3.78. The molecule has 4 aromatic rings. The molecule has 7 nitrogen and oxygen atoms in total. The molecule has 0 bridgehead atoms. The predicted octanol–water partition coefficient (Wildman–Crippen LogP) is 3.35. The molecule has 0 aliphatic carbocycles. The number of hydrazine groups is 1. The minimum absolute atomic E-state index is 0.212. The van der Waals surface area contributed by atoms with E-state index in [4.69, 9.17) is 4.74 Å². The van der Waals surface area contributed by atoms with Gasteiger partial charge >= 0.3 is 0 Å². The standard InChI is InChI=1S/C21H16N4O3S/c26-20(15-5-3-6-17(10-15)28-11-16-12-29-13-22-16)24-25-21(27)19-9-8-14-4-1-2-7-18(14)23-19/h1-10,12-13H,11H2,(H,24,26)(H,25,27). The van der Waals surface area contributed by atoms with E-state index in [-0.39, 0.29) is 5.69 Å². The van der Waals surface area contributed by atoms with Gasteiger partial charge in [-0.1, -0.05) is 30.3 Å². The monoisotopic (exact) mass is 404 g/mol. The fourth-order valence-electron chi connectivity index (χ4n) is 2.64. The molecule has 2 aromatic heterocycles. The van der Waals surface area contributed by atoms with Gasteiger partial charge in [0.25, 0.3) is 11.8 Å². The van der Waals surface area contributed by atoms with E-state index in [1.165, 1.54) is 11.3 Å². The van der Waals surface area contributed by atoms with Gasteiger partial charge in [-0.3, -0.25) is 20.4 Å². The van der Waals surface area contributed by atoms with Gasteiger partial charge in [0.05, 0.1) is 16.7 Å². The number of rotatable bonds is 5. The van der Waals surface area contributed by atoms with Gasteiger partial charge in [-0.15, -0.1) is 11.3 Å². The Bertz CT molecular complexity index is 1160. The van der Waals surface area contributed by atoms with Crippen LogP contribution in [0.25, 0.3) is 10.9 Å². The van der Waals surface area contributed by atoms with E-state index >= 15 is 0 Å². The quantitative estimate of drug-likeness (QED) is 0.498. The SMILES string of the molecule is O=C(NNC(=O)c1ccc2ccccc2n1)c1cccc(OCc2cscn2)c1. The molecule has 0 saturated heterocycles. The highest BCUT2D eigenvalue weighted by atomic mass is 32.1. The summed E-state index contributed by atoms with van der Waals surface area (Å²) in [6.45, 7) is 0.318. The van der Waals surface area contributed by atoms with Crippen molar-refractivity contribution in [2.75, 3.05) is 0 Å². The minimum atomic E-state index is -0.500. The first-order valence-electron chi connectivity index (χ1n) is 8.75. The molecule has 0 fully saturated rings. The zero-order chi connectivity index (χ0) is 20.1. The molecular weight excluding hydrogens is 388 g/mol. The Morgan fingerprint density at radius 2 is 1.83 bits per heavy atom. The van der Waals surface area contributed by atoms with Crippen LogP contribution in [0, 0.1) is 0 Å². The number of benzene rings is 2. The average molecular weight is 404 g/mol. The van der Waals surface area contributed by atoms with Crippen LogP contribution in [0.15, 0.2) is 71.6 Å². The largest absolute Gasteiger partial charge is 0.487 e. The first-order valence-corrected chi connectivity index (χ1v) is 9.70. The number of hydrogen-bond donors (Lipinski definition) is 2. The third-order valence-corrected chi connectivity index (χ3v) is 4.72. The van der Waals surface area contributed by atoms with Crippen molar-refractivity contribution in [2.45, 2.75) is 6.61 Å². The molecule has 0 saturated carbocycles. The highest BCUT2D eigenvalue weighted by Gasteiger charge is 2.11. The Kier molecular flexibility index (Phi) is 5.44. The molecule has 0 aliphatic rings. The number of nitrogens with zero attached hydrogens (tertiary/aromatic N) is 2. The lowest BCUT2D eigenvalue weighted by Gasteiger charge is -2.09. The molecule has 8 heteroatoms. The lowest BCUT2D eigenvalue weighted by molar-refractivity contribution is 0.0844. The number of carbonyl (C=O) groups excluding carboxylic acids is 2. The predicted molar refractivity (Wildman–Crippen MR) is 110 cm³/mol. The van der Waals surface area contributed by atoms with Crippen LogP contribution in [-0.2, 0) is 6.61 Å². The number of fused-ring (bicyclic) bond motifs is 1. The number of para-hydroxylation sites is 1. The van der Waals surface area contributed by atoms with Gasteiger partial charge in [0.15, 0.2) is 0 Å². The van der Waals surface area contributed by atoms with Crippen LogP contribution in [0.2, 0.25) is 0 Å². The number of hydrogen-bond acceptors (Lipinski definition) is 6. The third kappa shape index (κ3) is 4.56. The average Bonchev–Trinajstić information content (AvgIpc) is 3.29. The molecule has 2 aromatic carbocycles. The smallest absolute Gasteiger partial charge is 0.288 e. The third-order valence-electron chi connectivity index (χ3n) is 4.09. The summed E-state index contributed by atoms with van der Waals surface area (Å²) in [5.74, 6) is -0.425. The summed E-state index contributed by atoms with van der Waals surface area (Å²) in [4.78, 5) is 33.1. The van der Waals surface area contributed by atoms with Crippen LogP contribution in [0.4, 0.5) is 0 Å². The van der Waals surface area contributed by atoms with Crippen molar-refractivity contribution < 1.29 is 14.3 Å². The van der Waals surface area contributed by atoms with Gasteiger partial charge in [-0.2, -0.15) is 0 Å². The highest BCUT2D eigenvalue weighted by Crippen LogP contribution is 2.15. The maximum atomic E-state index is 12.4. The fourth-order valence-corrected chi connectivity index (χ4v) is 3.18. The molecule has 0 spiro atoms. The van der Waals surface area contributed by atoms with E-state index in [9.17, 15) is 9.59 Å². The van der Waals surface area contributed by atoms with E-state index in [0.29, 0.717) is 23.4 Å². The van der Waals surface area contributed by atoms with Gasteiger partial charge < -0.3 is 4.74 Å². The molecule has 0 radical (unpaired) electrons. The normalized spacial score (nSPS) is 10.5. The molecule has 2 heterocycles. The van der Waals surface area contributed by atoms with Gasteiger partial charge in [-0.25, -0.2) is 9.97 Å². The molecule has 29 heavy (non-hydrogen) atoms. The van der Waals surface area contributed by atoms with Crippen molar-refractivity contribution in [1.29, 1.82) is 0 Å². The van der Waals surface area contributed by atoms with Crippen molar-refractivity contribution in [3.8, 4) is 5.75 Å². The minimum Gasteiger partial charge on any atom is -0.487 e. The number of amides is 2. The summed E-state index contributed by atoms with van der Waals surface area (Å²) in [6.07, 6.45) is 0. The second-order valence-electron chi connectivity index (χ2n) is 6.09. The van der Waals surface area contributed by atoms with Crippen molar-refractivity contribution in [3.05, 3.63) is 88.5 Å². The summed E-state index contributed by atoms with van der Waals surface area (Å²) in [6, 6.07) is 17.6. The first-order chi connectivity index (χ1) is 14.2. The number of nitrogens with one attached hydrogen (secondary N) is 2. The number of aromatic nitrogens is 2. The molecule has 144 valence electrons. The summed E-state index contributed by atoms with van der Waals surface area (Å²) < 4.78 is 5.64. The van der Waals surface area contributed by atoms with Crippen molar-refractivity contribution >= 4 is 34.1 Å². The number of pyridine rings is 1. The molecule has 2 N–H and O–H groups in total. The lowest BCUT2D eigenvalue weighted by Crippen LogP contribution is -2.41. The summed E-state index contributed by atoms with van der Waals surface area (Å²) in [7, 11) is 0. The zero-order valence-corrected chi connectivity index (χ0v) is 16.0. The van der Waals surface area contributed by atoms with Gasteiger partial charge in [0.1, 0.15) is 18.1 Å². The Balaban J connectivity index is 1.37. The second-order valence-corrected chi connectivity index (χ2v) is 6.81.